The van der Waals surface area contributed by atoms with Crippen LogP contribution in [-0.2, 0) is 25.1 Å². The summed E-state index contributed by atoms with van der Waals surface area (Å²) >= 11 is 1.27. The Morgan fingerprint density at radius 1 is 1.07 bits per heavy atom. The number of rotatable bonds is 7. The van der Waals surface area contributed by atoms with E-state index in [-0.39, 0.29) is 35.8 Å². The van der Waals surface area contributed by atoms with Gasteiger partial charge in [0.2, 0.25) is 11.8 Å². The number of nitrogens with zero attached hydrogens (tertiary/aromatic N) is 4. The monoisotopic (exact) mass is 667 g/mol. The molecule has 4 aliphatic rings. The Bertz CT molecular complexity index is 1700. The van der Waals surface area contributed by atoms with Gasteiger partial charge in [-0.2, -0.15) is 0 Å². The van der Waals surface area contributed by atoms with Crippen LogP contribution in [-0.4, -0.2) is 99.8 Å². The van der Waals surface area contributed by atoms with Crippen LogP contribution in [0.25, 0.3) is 10.1 Å². The summed E-state index contributed by atoms with van der Waals surface area (Å²) in [5, 5.41) is 3.66. The molecule has 46 heavy (non-hydrogen) atoms. The van der Waals surface area contributed by atoms with Crippen molar-refractivity contribution in [2.24, 2.45) is 0 Å². The minimum absolute atomic E-state index is 0.0107. The Morgan fingerprint density at radius 3 is 2.65 bits per heavy atom. The fraction of sp³-hybridized carbons (Fsp3) is 0.500. The van der Waals surface area contributed by atoms with Crippen molar-refractivity contribution in [2.45, 2.75) is 62.3 Å². The van der Waals surface area contributed by atoms with E-state index in [9.17, 15) is 28.7 Å². The summed E-state index contributed by atoms with van der Waals surface area (Å²) in [5.41, 5.74) is 2.79. The molecule has 3 N–H and O–H groups in total. The van der Waals surface area contributed by atoms with Crippen molar-refractivity contribution >= 4 is 52.4 Å². The first-order valence-corrected chi connectivity index (χ1v) is 18.5. The number of ether oxygens (including phenoxy) is 1. The van der Waals surface area contributed by atoms with Crippen LogP contribution < -0.4 is 10.2 Å². The van der Waals surface area contributed by atoms with Crippen LogP contribution in [0, 0.1) is 0 Å². The minimum Gasteiger partial charge on any atom is -0.378 e. The van der Waals surface area contributed by atoms with E-state index in [0.717, 1.165) is 53.7 Å². The Kier molecular flexibility index (Phi) is 8.62. The second-order valence-electron chi connectivity index (χ2n) is 12.7. The lowest BCUT2D eigenvalue weighted by molar-refractivity contribution is -0.148. The van der Waals surface area contributed by atoms with E-state index < -0.39 is 19.7 Å². The van der Waals surface area contributed by atoms with Crippen molar-refractivity contribution in [1.29, 1.82) is 0 Å². The van der Waals surface area contributed by atoms with Gasteiger partial charge in [-0.05, 0) is 67.3 Å². The number of carbonyl (C=O) groups is 3. The Balaban J connectivity index is 1.01. The molecule has 0 aliphatic carbocycles. The summed E-state index contributed by atoms with van der Waals surface area (Å²) in [6.45, 7) is 4.22. The second kappa shape index (κ2) is 12.7. The van der Waals surface area contributed by atoms with Crippen molar-refractivity contribution in [2.75, 3.05) is 44.3 Å². The third kappa shape index (κ3) is 6.31. The fourth-order valence-corrected chi connectivity index (χ4v) is 9.00. The molecule has 14 heteroatoms. The zero-order chi connectivity index (χ0) is 32.0. The molecule has 0 saturated carbocycles. The zero-order valence-electron chi connectivity index (χ0n) is 25.4. The van der Waals surface area contributed by atoms with Crippen molar-refractivity contribution in [3.63, 3.8) is 0 Å². The van der Waals surface area contributed by atoms with E-state index >= 15 is 0 Å². The smallest absolute Gasteiger partial charge is 0.329 e. The summed E-state index contributed by atoms with van der Waals surface area (Å²) < 4.78 is 17.8. The summed E-state index contributed by atoms with van der Waals surface area (Å²) in [5.74, 6) is -0.398. The minimum atomic E-state index is -4.22. The summed E-state index contributed by atoms with van der Waals surface area (Å²) in [6.07, 6.45) is 6.82. The number of thiophene rings is 1. The largest absolute Gasteiger partial charge is 0.378 e. The van der Waals surface area contributed by atoms with Gasteiger partial charge in [0.1, 0.15) is 12.1 Å². The molecule has 12 nitrogen and oxygen atoms in total. The number of carbonyl (C=O) groups excluding carboxylic acids is 3. The third-order valence-electron chi connectivity index (χ3n) is 9.68. The van der Waals surface area contributed by atoms with E-state index in [2.05, 4.69) is 15.2 Å². The highest BCUT2D eigenvalue weighted by atomic mass is 32.1. The maximum absolute atomic E-state index is 13.9. The van der Waals surface area contributed by atoms with E-state index in [1.165, 1.54) is 11.3 Å². The van der Waals surface area contributed by atoms with Crippen molar-refractivity contribution in [3.05, 3.63) is 58.7 Å². The number of amides is 3. The van der Waals surface area contributed by atoms with Crippen molar-refractivity contribution in [1.82, 2.24) is 20.1 Å². The van der Waals surface area contributed by atoms with Gasteiger partial charge in [0.05, 0.1) is 24.3 Å². The number of pyridine rings is 1. The highest BCUT2D eigenvalue weighted by molar-refractivity contribution is 7.50. The molecule has 0 spiro atoms. The zero-order valence-corrected chi connectivity index (χ0v) is 27.1. The van der Waals surface area contributed by atoms with Gasteiger partial charge in [-0.3, -0.25) is 23.9 Å². The average molecular weight is 668 g/mol. The molecule has 6 heterocycles. The van der Waals surface area contributed by atoms with Gasteiger partial charge >= 0.3 is 7.60 Å². The summed E-state index contributed by atoms with van der Waals surface area (Å²) in [6, 6.07) is 7.56. The first-order chi connectivity index (χ1) is 22.1. The van der Waals surface area contributed by atoms with Gasteiger partial charge in [0, 0.05) is 66.5 Å². The molecule has 3 aromatic rings. The van der Waals surface area contributed by atoms with E-state index in [4.69, 9.17) is 4.74 Å². The Labute approximate surface area is 270 Å². The molecule has 0 radical (unpaired) electrons. The topological polar surface area (TPSA) is 153 Å². The molecule has 3 amide bonds. The van der Waals surface area contributed by atoms with Gasteiger partial charge in [0.25, 0.3) is 5.91 Å². The molecule has 4 fully saturated rings. The van der Waals surface area contributed by atoms with Crippen LogP contribution in [0.1, 0.15) is 58.8 Å². The number of benzene rings is 1. The van der Waals surface area contributed by atoms with Crippen LogP contribution in [0.5, 0.6) is 0 Å². The molecular formula is C32H38N5O7PS. The molecule has 4 saturated heterocycles. The molecule has 3 atom stereocenters. The molecule has 244 valence electrons. The van der Waals surface area contributed by atoms with Gasteiger partial charge in [0.15, 0.2) is 0 Å². The normalized spacial score (nSPS) is 24.1. The molecule has 2 aromatic heterocycles. The van der Waals surface area contributed by atoms with Crippen LogP contribution in [0.3, 0.4) is 0 Å². The molecule has 7 rings (SSSR count). The quantitative estimate of drug-likeness (QED) is 0.323. The fourth-order valence-electron chi connectivity index (χ4n) is 7.38. The van der Waals surface area contributed by atoms with Gasteiger partial charge in [-0.25, -0.2) is 0 Å². The third-order valence-corrected chi connectivity index (χ3v) is 11.6. The second-order valence-corrected chi connectivity index (χ2v) is 15.5. The standard InChI is InChI=1S/C32H38N5O7PS/c38-30(29-15-21-14-20(19-45(41,42)43)4-7-28(21)46-29)34-25-3-1-2-23-5-6-27(37(23)31(25)39)32(40)36-17-22(18-36)24-16-33-9-8-26(24)35-10-12-44-13-11-35/h4,7-9,14-16,22-23,25,27H,1-3,5-6,10-13,17-19H2,(H,34,38)(H2,41,42,43)/t23-,25-,27-/m0/s1. The lowest BCUT2D eigenvalue weighted by atomic mass is 9.90. The number of likely N-dealkylation sites (tertiary alicyclic amines) is 1. The first-order valence-electron chi connectivity index (χ1n) is 15.9. The number of fused-ring (bicyclic) bond motifs is 2. The van der Waals surface area contributed by atoms with E-state index in [1.807, 2.05) is 17.2 Å². The van der Waals surface area contributed by atoms with Crippen molar-refractivity contribution in [3.8, 4) is 0 Å². The average Bonchev–Trinajstić information content (AvgIpc) is 3.60. The summed E-state index contributed by atoms with van der Waals surface area (Å²) in [7, 11) is -4.22. The molecular weight excluding hydrogens is 629 g/mol. The van der Waals surface area contributed by atoms with Crippen LogP contribution >= 0.6 is 18.9 Å². The maximum Gasteiger partial charge on any atom is 0.329 e. The first kappa shape index (κ1) is 31.3. The molecule has 4 aliphatic heterocycles. The lowest BCUT2D eigenvalue weighted by Gasteiger charge is -2.44. The molecule has 1 aromatic carbocycles. The number of nitrogens with one attached hydrogen (secondary N) is 1. The van der Waals surface area contributed by atoms with Gasteiger partial charge < -0.3 is 34.5 Å². The van der Waals surface area contributed by atoms with E-state index in [0.29, 0.717) is 49.6 Å². The predicted octanol–water partition coefficient (Wildman–Crippen LogP) is 3.08. The SMILES string of the molecule is O=C(N[C@H]1CCC[C@H]2CC[C@@H](C(=O)N3CC(c4cnccc4N4CCOCC4)C3)N2C1=O)c1cc2cc(CP(=O)(O)O)ccc2s1. The van der Waals surface area contributed by atoms with Gasteiger partial charge in [-0.1, -0.05) is 6.07 Å². The number of aromatic nitrogens is 1. The lowest BCUT2D eigenvalue weighted by Crippen LogP contribution is -2.58. The number of morpholine rings is 1. The molecule has 0 unspecified atom stereocenters. The highest BCUT2D eigenvalue weighted by Gasteiger charge is 2.48. The Morgan fingerprint density at radius 2 is 1.87 bits per heavy atom. The molecule has 0 bridgehead atoms. The number of anilines is 1. The predicted molar refractivity (Wildman–Crippen MR) is 173 cm³/mol. The van der Waals surface area contributed by atoms with Gasteiger partial charge in [-0.15, -0.1) is 11.3 Å². The van der Waals surface area contributed by atoms with E-state index in [1.54, 1.807) is 35.4 Å². The summed E-state index contributed by atoms with van der Waals surface area (Å²) in [4.78, 5) is 70.5. The number of hydrogen-bond donors (Lipinski definition) is 3. The van der Waals surface area contributed by atoms with Crippen LogP contribution in [0.2, 0.25) is 0 Å². The number of hydrogen-bond acceptors (Lipinski definition) is 8. The van der Waals surface area contributed by atoms with Crippen LogP contribution in [0.4, 0.5) is 5.69 Å². The van der Waals surface area contributed by atoms with Crippen molar-refractivity contribution < 1.29 is 33.5 Å². The maximum atomic E-state index is 13.9. The van der Waals surface area contributed by atoms with Crippen LogP contribution in [0.15, 0.2) is 42.7 Å². The highest BCUT2D eigenvalue weighted by Crippen LogP contribution is 2.41. The Hall–Kier alpha value is -3.35.